The van der Waals surface area contributed by atoms with Crippen molar-refractivity contribution in [2.45, 2.75) is 12.2 Å². The van der Waals surface area contributed by atoms with Gasteiger partial charge in [0.05, 0.1) is 6.20 Å². The van der Waals surface area contributed by atoms with Gasteiger partial charge in [-0.3, -0.25) is 0 Å². The minimum absolute atomic E-state index is 0.176. The van der Waals surface area contributed by atoms with Gasteiger partial charge < -0.3 is 15.3 Å². The van der Waals surface area contributed by atoms with Gasteiger partial charge in [-0.05, 0) is 6.07 Å². The van der Waals surface area contributed by atoms with E-state index in [4.69, 9.17) is 5.11 Å². The van der Waals surface area contributed by atoms with Crippen LogP contribution in [0.25, 0.3) is 5.65 Å². The number of rotatable bonds is 3. The molecular weight excluding hydrogens is 214 g/mol. The lowest BCUT2D eigenvalue weighted by Crippen LogP contribution is -2.27. The number of carbonyl (C=O) groups is 1. The van der Waals surface area contributed by atoms with E-state index in [1.165, 1.54) is 16.9 Å². The summed E-state index contributed by atoms with van der Waals surface area (Å²) in [5.41, 5.74) is 0.491. The van der Waals surface area contributed by atoms with E-state index in [0.717, 1.165) is 0 Å². The number of hydrogen-bond donors (Lipinski definition) is 3. The second-order valence-corrected chi connectivity index (χ2v) is 3.22. The van der Waals surface area contributed by atoms with Crippen molar-refractivity contribution in [3.05, 3.63) is 30.2 Å². The molecule has 16 heavy (non-hydrogen) atoms. The summed E-state index contributed by atoms with van der Waals surface area (Å²) in [6, 6.07) is 1.64. The maximum absolute atomic E-state index is 10.5. The molecule has 0 aromatic carbocycles. The second kappa shape index (κ2) is 3.87. The topological polar surface area (TPSA) is 108 Å². The molecule has 2 atom stereocenters. The Hall–Kier alpha value is -1.99. The Morgan fingerprint density at radius 3 is 2.88 bits per heavy atom. The molecule has 0 radical (unpaired) electrons. The number of hydrogen-bond acceptors (Lipinski definition) is 5. The Bertz CT molecular complexity index is 524. The summed E-state index contributed by atoms with van der Waals surface area (Å²) in [5, 5.41) is 31.3. The van der Waals surface area contributed by atoms with E-state index in [-0.39, 0.29) is 5.56 Å². The number of aliphatic carboxylic acids is 1. The van der Waals surface area contributed by atoms with Gasteiger partial charge >= 0.3 is 5.97 Å². The van der Waals surface area contributed by atoms with Gasteiger partial charge in [-0.25, -0.2) is 14.3 Å². The van der Waals surface area contributed by atoms with E-state index in [1.807, 2.05) is 0 Å². The number of aliphatic hydroxyl groups is 2. The van der Waals surface area contributed by atoms with Crippen LogP contribution in [0.4, 0.5) is 0 Å². The SMILES string of the molecule is O=C(O)C(O)C(O)c1cnn2cccnc12. The molecule has 2 aromatic rings. The molecule has 0 amide bonds. The van der Waals surface area contributed by atoms with E-state index in [1.54, 1.807) is 12.3 Å². The van der Waals surface area contributed by atoms with Gasteiger partial charge in [0.15, 0.2) is 11.8 Å². The Morgan fingerprint density at radius 2 is 2.19 bits per heavy atom. The van der Waals surface area contributed by atoms with Crippen LogP contribution in [-0.4, -0.2) is 42.0 Å². The third kappa shape index (κ3) is 1.62. The second-order valence-electron chi connectivity index (χ2n) is 3.22. The summed E-state index contributed by atoms with van der Waals surface area (Å²) in [6.07, 6.45) is 0.922. The molecule has 0 saturated carbocycles. The Labute approximate surface area is 89.6 Å². The van der Waals surface area contributed by atoms with Crippen molar-refractivity contribution >= 4 is 11.6 Å². The van der Waals surface area contributed by atoms with Gasteiger partial charge in [0, 0.05) is 18.0 Å². The monoisotopic (exact) mass is 223 g/mol. The van der Waals surface area contributed by atoms with E-state index in [0.29, 0.717) is 5.65 Å². The Balaban J connectivity index is 2.44. The molecule has 0 aliphatic carbocycles. The third-order valence-electron chi connectivity index (χ3n) is 2.18. The first kappa shape index (κ1) is 10.5. The highest BCUT2D eigenvalue weighted by Gasteiger charge is 2.28. The summed E-state index contributed by atoms with van der Waals surface area (Å²) in [4.78, 5) is 14.5. The Morgan fingerprint density at radius 1 is 1.44 bits per heavy atom. The van der Waals surface area contributed by atoms with Crippen LogP contribution in [0.5, 0.6) is 0 Å². The van der Waals surface area contributed by atoms with Gasteiger partial charge in [-0.2, -0.15) is 5.10 Å². The van der Waals surface area contributed by atoms with Crippen LogP contribution in [0.1, 0.15) is 11.7 Å². The average Bonchev–Trinajstić information content (AvgIpc) is 2.70. The number of fused-ring (bicyclic) bond motifs is 1. The summed E-state index contributed by atoms with van der Waals surface area (Å²) in [6.45, 7) is 0. The minimum atomic E-state index is -1.89. The van der Waals surface area contributed by atoms with Crippen molar-refractivity contribution in [2.24, 2.45) is 0 Å². The molecule has 0 bridgehead atoms. The van der Waals surface area contributed by atoms with Crippen LogP contribution in [-0.2, 0) is 4.79 Å². The highest BCUT2D eigenvalue weighted by Crippen LogP contribution is 2.20. The van der Waals surface area contributed by atoms with Crippen molar-refractivity contribution < 1.29 is 20.1 Å². The lowest BCUT2D eigenvalue weighted by molar-refractivity contribution is -0.153. The quantitative estimate of drug-likeness (QED) is 0.629. The van der Waals surface area contributed by atoms with Crippen LogP contribution in [0.3, 0.4) is 0 Å². The smallest absolute Gasteiger partial charge is 0.335 e. The molecule has 2 unspecified atom stereocenters. The van der Waals surface area contributed by atoms with Crippen LogP contribution >= 0.6 is 0 Å². The molecule has 3 N–H and O–H groups in total. The number of aromatic nitrogens is 3. The first-order chi connectivity index (χ1) is 7.61. The van der Waals surface area contributed by atoms with Crippen LogP contribution in [0.15, 0.2) is 24.7 Å². The predicted octanol–water partition coefficient (Wildman–Crippen LogP) is -0.792. The van der Waals surface area contributed by atoms with Gasteiger partial charge in [0.2, 0.25) is 0 Å². The molecule has 2 heterocycles. The van der Waals surface area contributed by atoms with E-state index >= 15 is 0 Å². The van der Waals surface area contributed by atoms with Crippen molar-refractivity contribution in [3.8, 4) is 0 Å². The minimum Gasteiger partial charge on any atom is -0.479 e. The van der Waals surface area contributed by atoms with Crippen molar-refractivity contribution in [2.75, 3.05) is 0 Å². The molecule has 7 heteroatoms. The summed E-state index contributed by atoms with van der Waals surface area (Å²) < 4.78 is 1.38. The fraction of sp³-hybridized carbons (Fsp3) is 0.222. The van der Waals surface area contributed by atoms with Crippen molar-refractivity contribution in [1.29, 1.82) is 0 Å². The predicted molar refractivity (Wildman–Crippen MR) is 51.6 cm³/mol. The molecular formula is C9H9N3O4. The van der Waals surface area contributed by atoms with E-state index in [2.05, 4.69) is 10.1 Å². The fourth-order valence-corrected chi connectivity index (χ4v) is 1.36. The summed E-state index contributed by atoms with van der Waals surface area (Å²) in [7, 11) is 0. The number of aliphatic hydroxyl groups excluding tert-OH is 2. The molecule has 2 rings (SSSR count). The lowest BCUT2D eigenvalue weighted by Gasteiger charge is -2.11. The molecule has 0 aliphatic rings. The van der Waals surface area contributed by atoms with Crippen LogP contribution in [0.2, 0.25) is 0 Å². The first-order valence-electron chi connectivity index (χ1n) is 4.48. The highest BCUT2D eigenvalue weighted by molar-refractivity contribution is 5.73. The highest BCUT2D eigenvalue weighted by atomic mass is 16.4. The van der Waals surface area contributed by atoms with E-state index < -0.39 is 18.2 Å². The zero-order chi connectivity index (χ0) is 11.7. The van der Waals surface area contributed by atoms with Gasteiger partial charge in [0.1, 0.15) is 6.10 Å². The standard InChI is InChI=1S/C9H9N3O4/c13-6(7(14)9(15)16)5-4-11-12-3-1-2-10-8(5)12/h1-4,6-7,13-14H,(H,15,16). The van der Waals surface area contributed by atoms with Crippen molar-refractivity contribution in [1.82, 2.24) is 14.6 Å². The fourth-order valence-electron chi connectivity index (χ4n) is 1.36. The molecule has 0 fully saturated rings. The Kier molecular flexibility index (Phi) is 2.55. The van der Waals surface area contributed by atoms with Gasteiger partial charge in [-0.15, -0.1) is 0 Å². The molecule has 0 aliphatic heterocycles. The number of carboxylic acid groups (broad SMARTS) is 1. The molecule has 2 aromatic heterocycles. The molecule has 7 nitrogen and oxygen atoms in total. The van der Waals surface area contributed by atoms with Gasteiger partial charge in [-0.1, -0.05) is 0 Å². The summed E-state index contributed by atoms with van der Waals surface area (Å²) in [5.74, 6) is -1.50. The number of carboxylic acids is 1. The first-order valence-corrected chi connectivity index (χ1v) is 4.48. The maximum Gasteiger partial charge on any atom is 0.335 e. The molecule has 84 valence electrons. The van der Waals surface area contributed by atoms with E-state index in [9.17, 15) is 15.0 Å². The van der Waals surface area contributed by atoms with Crippen molar-refractivity contribution in [3.63, 3.8) is 0 Å². The average molecular weight is 223 g/mol. The third-order valence-corrected chi connectivity index (χ3v) is 2.18. The summed E-state index contributed by atoms with van der Waals surface area (Å²) >= 11 is 0. The normalized spacial score (nSPS) is 14.9. The van der Waals surface area contributed by atoms with Crippen LogP contribution < -0.4 is 0 Å². The van der Waals surface area contributed by atoms with Crippen LogP contribution in [0, 0.1) is 0 Å². The lowest BCUT2D eigenvalue weighted by atomic mass is 10.1. The zero-order valence-corrected chi connectivity index (χ0v) is 8.06. The van der Waals surface area contributed by atoms with Gasteiger partial charge in [0.25, 0.3) is 0 Å². The molecule has 0 saturated heterocycles. The molecule has 0 spiro atoms. The zero-order valence-electron chi connectivity index (χ0n) is 8.06. The largest absolute Gasteiger partial charge is 0.479 e. The maximum atomic E-state index is 10.5. The number of nitrogens with zero attached hydrogens (tertiary/aromatic N) is 3.